The Bertz CT molecular complexity index is 500. The Balaban J connectivity index is 1.94. The van der Waals surface area contributed by atoms with Crippen LogP contribution in [-0.2, 0) is 4.74 Å². The van der Waals surface area contributed by atoms with Gasteiger partial charge in [-0.15, -0.1) is 0 Å². The van der Waals surface area contributed by atoms with Crippen molar-refractivity contribution in [2.24, 2.45) is 11.7 Å². The zero-order valence-corrected chi connectivity index (χ0v) is 9.86. The zero-order valence-electron chi connectivity index (χ0n) is 9.86. The summed E-state index contributed by atoms with van der Waals surface area (Å²) in [5.74, 6) is 0.546. The highest BCUT2D eigenvalue weighted by atomic mass is 16.5. The van der Waals surface area contributed by atoms with Crippen LogP contribution in [0.25, 0.3) is 10.9 Å². The van der Waals surface area contributed by atoms with E-state index in [9.17, 15) is 0 Å². The summed E-state index contributed by atoms with van der Waals surface area (Å²) in [4.78, 5) is 3.24. The van der Waals surface area contributed by atoms with Crippen LogP contribution >= 0.6 is 0 Å². The molecule has 3 N–H and O–H groups in total. The molecule has 0 unspecified atom stereocenters. The van der Waals surface area contributed by atoms with Gasteiger partial charge in [-0.1, -0.05) is 12.1 Å². The Morgan fingerprint density at radius 2 is 2.06 bits per heavy atom. The molecule has 0 amide bonds. The maximum atomic E-state index is 6.43. The molecule has 3 rings (SSSR count). The van der Waals surface area contributed by atoms with Gasteiger partial charge in [0.05, 0.1) is 0 Å². The minimum atomic E-state index is 0.124. The van der Waals surface area contributed by atoms with Crippen LogP contribution in [0.3, 0.4) is 0 Å². The van der Waals surface area contributed by atoms with Crippen molar-refractivity contribution in [1.82, 2.24) is 4.98 Å². The summed E-state index contributed by atoms with van der Waals surface area (Å²) >= 11 is 0. The summed E-state index contributed by atoms with van der Waals surface area (Å²) in [5, 5.41) is 1.26. The second-order valence-corrected chi connectivity index (χ2v) is 4.76. The standard InChI is InChI=1S/C14H18N2O/c15-14(10-5-8-17-9-6-10)12-2-1-3-13-11(12)4-7-16-13/h1-4,7,10,14,16H,5-6,8-9,15H2/t14-/m1/s1. The van der Waals surface area contributed by atoms with Gasteiger partial charge in [-0.25, -0.2) is 0 Å². The topological polar surface area (TPSA) is 51.0 Å². The molecule has 0 spiro atoms. The molecule has 1 saturated heterocycles. The van der Waals surface area contributed by atoms with Crippen LogP contribution in [0, 0.1) is 5.92 Å². The SMILES string of the molecule is N[C@@H](c1cccc2[nH]ccc12)C1CCOCC1. The number of aromatic amines is 1. The summed E-state index contributed by atoms with van der Waals surface area (Å²) in [6.45, 7) is 1.70. The van der Waals surface area contributed by atoms with E-state index in [1.54, 1.807) is 0 Å². The van der Waals surface area contributed by atoms with Crippen molar-refractivity contribution in [1.29, 1.82) is 0 Å². The van der Waals surface area contributed by atoms with E-state index >= 15 is 0 Å². The molecule has 0 radical (unpaired) electrons. The smallest absolute Gasteiger partial charge is 0.0469 e. The first-order valence-electron chi connectivity index (χ1n) is 6.25. The van der Waals surface area contributed by atoms with Crippen molar-refractivity contribution in [3.8, 4) is 0 Å². The van der Waals surface area contributed by atoms with Gasteiger partial charge in [-0.05, 0) is 36.5 Å². The Kier molecular flexibility index (Phi) is 2.87. The molecular weight excluding hydrogens is 212 g/mol. The number of H-pyrrole nitrogens is 1. The number of nitrogens with two attached hydrogens (primary N) is 1. The Morgan fingerprint density at radius 1 is 1.24 bits per heavy atom. The monoisotopic (exact) mass is 230 g/mol. The molecule has 17 heavy (non-hydrogen) atoms. The first kappa shape index (κ1) is 10.8. The summed E-state index contributed by atoms with van der Waals surface area (Å²) in [5.41, 5.74) is 8.86. The van der Waals surface area contributed by atoms with Crippen molar-refractivity contribution in [3.63, 3.8) is 0 Å². The predicted molar refractivity (Wildman–Crippen MR) is 68.8 cm³/mol. The second-order valence-electron chi connectivity index (χ2n) is 4.76. The fourth-order valence-electron chi connectivity index (χ4n) is 2.73. The highest BCUT2D eigenvalue weighted by Crippen LogP contribution is 2.31. The fourth-order valence-corrected chi connectivity index (χ4v) is 2.73. The fraction of sp³-hybridized carbons (Fsp3) is 0.429. The first-order chi connectivity index (χ1) is 8.36. The molecule has 3 nitrogen and oxygen atoms in total. The van der Waals surface area contributed by atoms with E-state index in [1.807, 2.05) is 6.20 Å². The minimum Gasteiger partial charge on any atom is -0.381 e. The molecule has 1 aliphatic heterocycles. The second kappa shape index (κ2) is 4.51. The van der Waals surface area contributed by atoms with Gasteiger partial charge in [0.1, 0.15) is 0 Å². The van der Waals surface area contributed by atoms with Gasteiger partial charge in [0.15, 0.2) is 0 Å². The molecule has 0 bridgehead atoms. The van der Waals surface area contributed by atoms with Crippen LogP contribution in [0.5, 0.6) is 0 Å². The average molecular weight is 230 g/mol. The summed E-state index contributed by atoms with van der Waals surface area (Å²) in [7, 11) is 0. The van der Waals surface area contributed by atoms with E-state index in [1.165, 1.54) is 16.5 Å². The summed E-state index contributed by atoms with van der Waals surface area (Å²) in [6.07, 6.45) is 4.12. The number of hydrogen-bond donors (Lipinski definition) is 2. The lowest BCUT2D eigenvalue weighted by atomic mass is 9.86. The number of aromatic nitrogens is 1. The van der Waals surface area contributed by atoms with Crippen molar-refractivity contribution in [3.05, 3.63) is 36.0 Å². The first-order valence-corrected chi connectivity index (χ1v) is 6.25. The summed E-state index contributed by atoms with van der Waals surface area (Å²) < 4.78 is 5.40. The highest BCUT2D eigenvalue weighted by Gasteiger charge is 2.23. The number of hydrogen-bond acceptors (Lipinski definition) is 2. The van der Waals surface area contributed by atoms with Crippen LogP contribution in [0.4, 0.5) is 0 Å². The largest absolute Gasteiger partial charge is 0.381 e. The van der Waals surface area contributed by atoms with Gasteiger partial charge in [0, 0.05) is 36.4 Å². The van der Waals surface area contributed by atoms with E-state index in [0.29, 0.717) is 5.92 Å². The lowest BCUT2D eigenvalue weighted by Gasteiger charge is -2.28. The normalized spacial score (nSPS) is 19.6. The Hall–Kier alpha value is -1.32. The van der Waals surface area contributed by atoms with Crippen molar-refractivity contribution in [2.75, 3.05) is 13.2 Å². The summed E-state index contributed by atoms with van der Waals surface area (Å²) in [6, 6.07) is 8.56. The Labute approximate surface area is 101 Å². The van der Waals surface area contributed by atoms with Crippen molar-refractivity contribution in [2.45, 2.75) is 18.9 Å². The van der Waals surface area contributed by atoms with Gasteiger partial charge in [0.2, 0.25) is 0 Å². The van der Waals surface area contributed by atoms with Crippen molar-refractivity contribution < 1.29 is 4.74 Å². The van der Waals surface area contributed by atoms with E-state index in [0.717, 1.165) is 26.1 Å². The van der Waals surface area contributed by atoms with Crippen LogP contribution in [0.2, 0.25) is 0 Å². The molecule has 1 fully saturated rings. The molecule has 1 atom stereocenters. The molecule has 90 valence electrons. The third-order valence-corrected chi connectivity index (χ3v) is 3.76. The predicted octanol–water partition coefficient (Wildman–Crippen LogP) is 2.59. The molecule has 1 aliphatic rings. The quantitative estimate of drug-likeness (QED) is 0.833. The van der Waals surface area contributed by atoms with Gasteiger partial charge in [-0.2, -0.15) is 0 Å². The van der Waals surface area contributed by atoms with Gasteiger partial charge in [0.25, 0.3) is 0 Å². The molecule has 0 saturated carbocycles. The molecule has 3 heteroatoms. The Morgan fingerprint density at radius 3 is 2.88 bits per heavy atom. The van der Waals surface area contributed by atoms with E-state index < -0.39 is 0 Å². The number of benzene rings is 1. The third-order valence-electron chi connectivity index (χ3n) is 3.76. The minimum absolute atomic E-state index is 0.124. The van der Waals surface area contributed by atoms with E-state index in [4.69, 9.17) is 10.5 Å². The maximum Gasteiger partial charge on any atom is 0.0469 e. The van der Waals surface area contributed by atoms with E-state index in [2.05, 4.69) is 29.2 Å². The molecule has 0 aliphatic carbocycles. The van der Waals surface area contributed by atoms with Gasteiger partial charge < -0.3 is 15.5 Å². The average Bonchev–Trinajstić information content (AvgIpc) is 2.87. The third kappa shape index (κ3) is 1.96. The highest BCUT2D eigenvalue weighted by molar-refractivity contribution is 5.83. The van der Waals surface area contributed by atoms with Crippen molar-refractivity contribution >= 4 is 10.9 Å². The van der Waals surface area contributed by atoms with Gasteiger partial charge >= 0.3 is 0 Å². The van der Waals surface area contributed by atoms with Crippen LogP contribution in [-0.4, -0.2) is 18.2 Å². The number of fused-ring (bicyclic) bond motifs is 1. The molecule has 1 aromatic heterocycles. The zero-order chi connectivity index (χ0) is 11.7. The lowest BCUT2D eigenvalue weighted by Crippen LogP contribution is -2.27. The van der Waals surface area contributed by atoms with Crippen LogP contribution in [0.15, 0.2) is 30.5 Å². The molecule has 2 aromatic rings. The van der Waals surface area contributed by atoms with Gasteiger partial charge in [-0.3, -0.25) is 0 Å². The molecular formula is C14H18N2O. The number of rotatable bonds is 2. The van der Waals surface area contributed by atoms with E-state index in [-0.39, 0.29) is 6.04 Å². The number of nitrogens with one attached hydrogen (secondary N) is 1. The maximum absolute atomic E-state index is 6.43. The molecule has 1 aromatic carbocycles. The van der Waals surface area contributed by atoms with Crippen LogP contribution < -0.4 is 5.73 Å². The number of ether oxygens (including phenoxy) is 1. The molecule has 2 heterocycles. The lowest BCUT2D eigenvalue weighted by molar-refractivity contribution is 0.0585. The van der Waals surface area contributed by atoms with Crippen LogP contribution in [0.1, 0.15) is 24.4 Å².